The summed E-state index contributed by atoms with van der Waals surface area (Å²) in [6.07, 6.45) is 11.7. The molecule has 0 aliphatic carbocycles. The lowest BCUT2D eigenvalue weighted by Crippen LogP contribution is -1.97. The van der Waals surface area contributed by atoms with E-state index in [-0.39, 0.29) is 0 Å². The summed E-state index contributed by atoms with van der Waals surface area (Å²) >= 11 is 3.28. The molecule has 0 spiro atoms. The lowest BCUT2D eigenvalue weighted by atomic mass is 10.0. The molecule has 2 heterocycles. The third kappa shape index (κ3) is 5.95. The molecule has 0 saturated carbocycles. The lowest BCUT2D eigenvalue weighted by molar-refractivity contribution is 0.0701. The van der Waals surface area contributed by atoms with Gasteiger partial charge >= 0.3 is 5.97 Å². The second-order valence-corrected chi connectivity index (χ2v) is 9.41. The van der Waals surface area contributed by atoms with Gasteiger partial charge in [-0.2, -0.15) is 0 Å². The molecule has 1 N–H and O–H groups in total. The van der Waals surface area contributed by atoms with Crippen molar-refractivity contribution >= 4 is 28.6 Å². The van der Waals surface area contributed by atoms with Gasteiger partial charge in [0.2, 0.25) is 0 Å². The Morgan fingerprint density at radius 3 is 2.08 bits per heavy atom. The van der Waals surface area contributed by atoms with Gasteiger partial charge in [-0.3, -0.25) is 0 Å². The van der Waals surface area contributed by atoms with Gasteiger partial charge in [-0.1, -0.05) is 52.4 Å². The quantitative estimate of drug-likeness (QED) is 0.375. The molecule has 26 heavy (non-hydrogen) atoms. The van der Waals surface area contributed by atoms with Crippen LogP contribution in [0.3, 0.4) is 0 Å². The van der Waals surface area contributed by atoms with Crippen molar-refractivity contribution in [2.45, 2.75) is 85.0 Å². The number of hydrogen-bond donors (Lipinski definition) is 1. The number of carboxylic acids is 1. The minimum absolute atomic E-state index is 0.541. The molecule has 0 amide bonds. The Balaban J connectivity index is 2.18. The van der Waals surface area contributed by atoms with Crippen LogP contribution in [0.2, 0.25) is 0 Å². The fourth-order valence-electron chi connectivity index (χ4n) is 3.35. The van der Waals surface area contributed by atoms with Crippen LogP contribution < -0.4 is 0 Å². The molecular formula is C22H32O2S2. The van der Waals surface area contributed by atoms with Crippen LogP contribution >= 0.6 is 22.7 Å². The largest absolute Gasteiger partial charge is 0.477 e. The van der Waals surface area contributed by atoms with E-state index in [1.54, 1.807) is 0 Å². The van der Waals surface area contributed by atoms with Gasteiger partial charge in [0.05, 0.1) is 0 Å². The normalized spacial score (nSPS) is 11.2. The summed E-state index contributed by atoms with van der Waals surface area (Å²) in [5, 5.41) is 9.62. The van der Waals surface area contributed by atoms with Gasteiger partial charge in [-0.15, -0.1) is 22.7 Å². The van der Waals surface area contributed by atoms with Crippen molar-refractivity contribution in [2.24, 2.45) is 0 Å². The Hall–Kier alpha value is -1.13. The summed E-state index contributed by atoms with van der Waals surface area (Å²) in [5.74, 6) is -0.774. The third-order valence-corrected chi connectivity index (χ3v) is 7.20. The molecule has 0 bridgehead atoms. The molecular weight excluding hydrogens is 360 g/mol. The zero-order chi connectivity index (χ0) is 18.9. The van der Waals surface area contributed by atoms with E-state index in [0.717, 1.165) is 29.7 Å². The third-order valence-electron chi connectivity index (χ3n) is 4.76. The highest BCUT2D eigenvalue weighted by Gasteiger charge is 2.19. The van der Waals surface area contributed by atoms with Gasteiger partial charge in [0.25, 0.3) is 0 Å². The first-order chi connectivity index (χ1) is 12.6. The number of unbranched alkanes of at least 4 members (excludes halogenated alkanes) is 6. The smallest absolute Gasteiger partial charge is 0.346 e. The molecule has 2 rings (SSSR count). The van der Waals surface area contributed by atoms with Crippen molar-refractivity contribution in [2.75, 3.05) is 0 Å². The molecule has 0 saturated heterocycles. The molecule has 0 radical (unpaired) electrons. The lowest BCUT2D eigenvalue weighted by Gasteiger charge is -2.02. The first-order valence-corrected chi connectivity index (χ1v) is 11.7. The first-order valence-electron chi connectivity index (χ1n) is 10.0. The Morgan fingerprint density at radius 2 is 1.50 bits per heavy atom. The number of hydrogen-bond acceptors (Lipinski definition) is 3. The van der Waals surface area contributed by atoms with E-state index in [2.05, 4.69) is 32.9 Å². The topological polar surface area (TPSA) is 37.3 Å². The van der Waals surface area contributed by atoms with Gasteiger partial charge in [0.15, 0.2) is 0 Å². The van der Waals surface area contributed by atoms with Gasteiger partial charge < -0.3 is 5.11 Å². The summed E-state index contributed by atoms with van der Waals surface area (Å²) in [7, 11) is 0. The minimum Gasteiger partial charge on any atom is -0.477 e. The molecule has 2 aromatic rings. The van der Waals surface area contributed by atoms with Crippen molar-refractivity contribution in [3.63, 3.8) is 0 Å². The zero-order valence-electron chi connectivity index (χ0n) is 16.4. The highest BCUT2D eigenvalue weighted by molar-refractivity contribution is 7.23. The average molecular weight is 393 g/mol. The summed E-state index contributed by atoms with van der Waals surface area (Å²) < 4.78 is 0. The van der Waals surface area contributed by atoms with E-state index < -0.39 is 5.97 Å². The standard InChI is InChI=1S/C22H32O2S2/c1-4-6-8-10-12-17-14-16(3)25-20(17)19-15-18(13-11-9-7-5-2)21(26-19)22(23)24/h14-15H,4-13H2,1-3H3,(H,23,24). The Kier molecular flexibility index (Phi) is 8.86. The molecule has 2 nitrogen and oxygen atoms in total. The van der Waals surface area contributed by atoms with E-state index in [0.29, 0.717) is 4.88 Å². The Labute approximate surface area is 166 Å². The zero-order valence-corrected chi connectivity index (χ0v) is 18.0. The predicted molar refractivity (Wildman–Crippen MR) is 115 cm³/mol. The molecule has 0 aliphatic heterocycles. The van der Waals surface area contributed by atoms with Crippen molar-refractivity contribution in [3.05, 3.63) is 33.0 Å². The molecule has 2 aromatic heterocycles. The molecule has 144 valence electrons. The average Bonchev–Trinajstić information content (AvgIpc) is 3.19. The van der Waals surface area contributed by atoms with Crippen molar-refractivity contribution < 1.29 is 9.90 Å². The highest BCUT2D eigenvalue weighted by atomic mass is 32.1. The van der Waals surface area contributed by atoms with Gasteiger partial charge in [-0.25, -0.2) is 4.79 Å². The van der Waals surface area contributed by atoms with Crippen molar-refractivity contribution in [1.82, 2.24) is 0 Å². The van der Waals surface area contributed by atoms with E-state index >= 15 is 0 Å². The maximum atomic E-state index is 11.7. The predicted octanol–water partition coefficient (Wildman–Crippen LogP) is 7.73. The summed E-state index contributed by atoms with van der Waals surface area (Å²) in [5.41, 5.74) is 2.43. The molecule has 0 aliphatic rings. The molecule has 4 heteroatoms. The Bertz CT molecular complexity index is 697. The van der Waals surface area contributed by atoms with Crippen LogP contribution in [0.1, 0.15) is 90.9 Å². The SMILES string of the molecule is CCCCCCc1cc(-c2sc(C)cc2CCCCCC)sc1C(=O)O. The fraction of sp³-hybridized carbons (Fsp3) is 0.591. The van der Waals surface area contributed by atoms with E-state index in [9.17, 15) is 9.90 Å². The van der Waals surface area contributed by atoms with Crippen LogP contribution in [0.4, 0.5) is 0 Å². The van der Waals surface area contributed by atoms with E-state index in [1.165, 1.54) is 71.6 Å². The minimum atomic E-state index is -0.774. The van der Waals surface area contributed by atoms with Crippen molar-refractivity contribution in [1.29, 1.82) is 0 Å². The van der Waals surface area contributed by atoms with Crippen LogP contribution in [-0.4, -0.2) is 11.1 Å². The summed E-state index contributed by atoms with van der Waals surface area (Å²) in [6.45, 7) is 6.59. The molecule has 0 atom stereocenters. The summed E-state index contributed by atoms with van der Waals surface area (Å²) in [4.78, 5) is 16.0. The summed E-state index contributed by atoms with van der Waals surface area (Å²) in [6, 6.07) is 4.45. The van der Waals surface area contributed by atoms with Crippen molar-refractivity contribution in [3.8, 4) is 9.75 Å². The van der Waals surface area contributed by atoms with Crippen LogP contribution in [0.5, 0.6) is 0 Å². The van der Waals surface area contributed by atoms with E-state index in [4.69, 9.17) is 0 Å². The maximum Gasteiger partial charge on any atom is 0.346 e. The van der Waals surface area contributed by atoms with E-state index in [1.807, 2.05) is 11.3 Å². The van der Waals surface area contributed by atoms with Crippen LogP contribution in [0, 0.1) is 6.92 Å². The second kappa shape index (κ2) is 10.9. The number of carboxylic acid groups (broad SMARTS) is 1. The van der Waals surface area contributed by atoms with Gasteiger partial charge in [-0.05, 0) is 55.9 Å². The Morgan fingerprint density at radius 1 is 0.885 bits per heavy atom. The number of aryl methyl sites for hydroxylation is 3. The molecule has 0 unspecified atom stereocenters. The van der Waals surface area contributed by atoms with Gasteiger partial charge in [0.1, 0.15) is 4.88 Å². The highest BCUT2D eigenvalue weighted by Crippen LogP contribution is 2.40. The number of rotatable bonds is 12. The van der Waals surface area contributed by atoms with Crippen LogP contribution in [-0.2, 0) is 12.8 Å². The monoisotopic (exact) mass is 392 g/mol. The number of thiophene rings is 2. The number of aromatic carboxylic acids is 1. The molecule has 0 fully saturated rings. The maximum absolute atomic E-state index is 11.7. The fourth-order valence-corrected chi connectivity index (χ4v) is 5.60. The second-order valence-electron chi connectivity index (χ2n) is 7.10. The number of carbonyl (C=O) groups is 1. The van der Waals surface area contributed by atoms with Crippen LogP contribution in [0.25, 0.3) is 9.75 Å². The first kappa shape index (κ1) is 21.2. The van der Waals surface area contributed by atoms with Gasteiger partial charge in [0, 0.05) is 14.6 Å². The van der Waals surface area contributed by atoms with Crippen LogP contribution in [0.15, 0.2) is 12.1 Å². The molecule has 0 aromatic carbocycles.